The molecule has 142 valence electrons. The number of hydrogen-bond acceptors (Lipinski definition) is 5. The molecular weight excluding hydrogens is 372 g/mol. The van der Waals surface area contributed by atoms with Crippen molar-refractivity contribution in [1.29, 1.82) is 0 Å². The van der Waals surface area contributed by atoms with Crippen LogP contribution in [-0.2, 0) is 13.0 Å². The highest BCUT2D eigenvalue weighted by atomic mass is 32.1. The summed E-state index contributed by atoms with van der Waals surface area (Å²) in [6, 6.07) is 19.2. The van der Waals surface area contributed by atoms with E-state index >= 15 is 0 Å². The number of aromatic nitrogens is 1. The zero-order chi connectivity index (χ0) is 19.3. The molecule has 0 bridgehead atoms. The van der Waals surface area contributed by atoms with Gasteiger partial charge in [-0.2, -0.15) is 0 Å². The van der Waals surface area contributed by atoms with Crippen LogP contribution in [0.4, 0.5) is 0 Å². The first-order valence-electron chi connectivity index (χ1n) is 9.08. The Morgan fingerprint density at radius 3 is 2.75 bits per heavy atom. The van der Waals surface area contributed by atoms with Gasteiger partial charge in [-0.15, -0.1) is 11.3 Å². The maximum absolute atomic E-state index is 12.6. The van der Waals surface area contributed by atoms with E-state index in [0.29, 0.717) is 12.0 Å². The second kappa shape index (κ2) is 8.27. The summed E-state index contributed by atoms with van der Waals surface area (Å²) in [7, 11) is 0. The van der Waals surface area contributed by atoms with Crippen LogP contribution in [-0.4, -0.2) is 16.9 Å². The Kier molecular flexibility index (Phi) is 5.39. The van der Waals surface area contributed by atoms with Crippen molar-refractivity contribution in [3.05, 3.63) is 83.3 Å². The summed E-state index contributed by atoms with van der Waals surface area (Å²) in [5, 5.41) is 3.99. The van der Waals surface area contributed by atoms with Crippen molar-refractivity contribution in [2.45, 2.75) is 26.0 Å². The third-order valence-corrected chi connectivity index (χ3v) is 5.35. The number of carbonyl (C=O) groups is 1. The predicted octanol–water partition coefficient (Wildman–Crippen LogP) is 4.83. The third-order valence-electron chi connectivity index (χ3n) is 4.29. The summed E-state index contributed by atoms with van der Waals surface area (Å²) in [5.74, 6) is 0.789. The Morgan fingerprint density at radius 2 is 1.93 bits per heavy atom. The molecule has 2 heterocycles. The van der Waals surface area contributed by atoms with Crippen LogP contribution in [0.25, 0.3) is 10.2 Å². The van der Waals surface area contributed by atoms with Crippen LogP contribution < -0.4 is 10.1 Å². The first kappa shape index (κ1) is 18.3. The first-order valence-corrected chi connectivity index (χ1v) is 9.90. The smallest absolute Gasteiger partial charge is 0.287 e. The van der Waals surface area contributed by atoms with Crippen LogP contribution in [0.2, 0.25) is 0 Å². The molecule has 1 N–H and O–H groups in total. The monoisotopic (exact) mass is 392 g/mol. The third kappa shape index (κ3) is 4.23. The lowest BCUT2D eigenvalue weighted by Gasteiger charge is -2.12. The maximum Gasteiger partial charge on any atom is 0.287 e. The number of benzene rings is 2. The topological polar surface area (TPSA) is 64.4 Å². The second-order valence-corrected chi connectivity index (χ2v) is 7.65. The molecule has 0 saturated carbocycles. The molecule has 0 saturated heterocycles. The lowest BCUT2D eigenvalue weighted by molar-refractivity contribution is 0.0908. The molecule has 1 amide bonds. The van der Waals surface area contributed by atoms with Gasteiger partial charge in [-0.05, 0) is 37.3 Å². The van der Waals surface area contributed by atoms with Crippen molar-refractivity contribution >= 4 is 27.5 Å². The first-order chi connectivity index (χ1) is 13.7. The van der Waals surface area contributed by atoms with E-state index in [4.69, 9.17) is 9.15 Å². The van der Waals surface area contributed by atoms with Gasteiger partial charge < -0.3 is 14.5 Å². The molecule has 1 atom stereocenters. The van der Waals surface area contributed by atoms with Gasteiger partial charge in [0.05, 0.1) is 21.5 Å². The van der Waals surface area contributed by atoms with Crippen LogP contribution in [0, 0.1) is 0 Å². The van der Waals surface area contributed by atoms with Crippen molar-refractivity contribution in [2.24, 2.45) is 0 Å². The van der Waals surface area contributed by atoms with Crippen LogP contribution in [0.3, 0.4) is 0 Å². The number of hydrogen-bond donors (Lipinski definition) is 1. The fourth-order valence-corrected chi connectivity index (χ4v) is 4.03. The highest BCUT2D eigenvalue weighted by Crippen LogP contribution is 2.22. The number of para-hydroxylation sites is 2. The lowest BCUT2D eigenvalue weighted by Crippen LogP contribution is -2.34. The molecule has 2 aromatic heterocycles. The number of carbonyl (C=O) groups excluding carboxylic acids is 1. The fourth-order valence-electron chi connectivity index (χ4n) is 2.94. The lowest BCUT2D eigenvalue weighted by atomic mass is 10.2. The number of amides is 1. The Hall–Kier alpha value is -3.12. The Bertz CT molecular complexity index is 1040. The van der Waals surface area contributed by atoms with Gasteiger partial charge in [-0.3, -0.25) is 4.79 Å². The Labute approximate surface area is 167 Å². The zero-order valence-corrected chi connectivity index (χ0v) is 16.2. The summed E-state index contributed by atoms with van der Waals surface area (Å²) < 4.78 is 12.3. The molecule has 4 rings (SSSR count). The van der Waals surface area contributed by atoms with Crippen molar-refractivity contribution in [1.82, 2.24) is 10.3 Å². The fraction of sp³-hybridized carbons (Fsp3) is 0.182. The van der Waals surface area contributed by atoms with Gasteiger partial charge >= 0.3 is 0 Å². The van der Waals surface area contributed by atoms with Crippen LogP contribution >= 0.6 is 11.3 Å². The normalized spacial score (nSPS) is 12.0. The number of rotatable bonds is 7. The minimum Gasteiger partial charge on any atom is -0.489 e. The van der Waals surface area contributed by atoms with Crippen molar-refractivity contribution in [3.63, 3.8) is 0 Å². The molecule has 0 spiro atoms. The average molecular weight is 392 g/mol. The highest BCUT2D eigenvalue weighted by molar-refractivity contribution is 7.18. The molecule has 0 aliphatic carbocycles. The number of nitrogens with one attached hydrogen (secondary N) is 1. The summed E-state index contributed by atoms with van der Waals surface area (Å²) >= 11 is 1.65. The molecule has 0 fully saturated rings. The second-order valence-electron chi connectivity index (χ2n) is 6.53. The molecule has 6 heteroatoms. The van der Waals surface area contributed by atoms with Crippen molar-refractivity contribution in [3.8, 4) is 5.75 Å². The molecule has 2 aromatic carbocycles. The van der Waals surface area contributed by atoms with E-state index in [1.54, 1.807) is 17.4 Å². The van der Waals surface area contributed by atoms with Gasteiger partial charge in [0.1, 0.15) is 12.4 Å². The van der Waals surface area contributed by atoms with E-state index in [0.717, 1.165) is 21.0 Å². The minimum atomic E-state index is -0.245. The Morgan fingerprint density at radius 1 is 1.14 bits per heavy atom. The predicted molar refractivity (Wildman–Crippen MR) is 110 cm³/mol. The molecule has 4 aromatic rings. The largest absolute Gasteiger partial charge is 0.489 e. The number of furan rings is 1. The Balaban J connectivity index is 1.37. The average Bonchev–Trinajstić information content (AvgIpc) is 3.33. The number of nitrogens with zero attached hydrogens (tertiary/aromatic N) is 1. The van der Waals surface area contributed by atoms with Crippen LogP contribution in [0.1, 0.15) is 28.0 Å². The summed E-state index contributed by atoms with van der Waals surface area (Å²) in [6.07, 6.45) is 2.18. The number of thiazole rings is 1. The van der Waals surface area contributed by atoms with E-state index < -0.39 is 0 Å². The summed E-state index contributed by atoms with van der Waals surface area (Å²) in [5.41, 5.74) is 1.71. The van der Waals surface area contributed by atoms with E-state index in [1.807, 2.05) is 55.5 Å². The number of fused-ring (bicyclic) bond motifs is 1. The molecule has 1 unspecified atom stereocenters. The van der Waals surface area contributed by atoms with E-state index in [2.05, 4.69) is 16.4 Å². The SMILES string of the molecule is CC(Cc1nc2ccccc2s1)NC(=O)c1occc1COc1ccccc1. The van der Waals surface area contributed by atoms with E-state index in [9.17, 15) is 4.79 Å². The highest BCUT2D eigenvalue weighted by Gasteiger charge is 2.19. The minimum absolute atomic E-state index is 0.0685. The molecule has 5 nitrogen and oxygen atoms in total. The van der Waals surface area contributed by atoms with Crippen molar-refractivity contribution in [2.75, 3.05) is 0 Å². The number of ether oxygens (including phenoxy) is 1. The molecular formula is C22H20N2O3S. The van der Waals surface area contributed by atoms with Gasteiger partial charge in [0.25, 0.3) is 5.91 Å². The quantitative estimate of drug-likeness (QED) is 0.489. The van der Waals surface area contributed by atoms with Crippen LogP contribution in [0.15, 0.2) is 71.3 Å². The van der Waals surface area contributed by atoms with Gasteiger partial charge in [0, 0.05) is 18.0 Å². The van der Waals surface area contributed by atoms with E-state index in [1.165, 1.54) is 6.26 Å². The summed E-state index contributed by atoms with van der Waals surface area (Å²) in [4.78, 5) is 17.3. The standard InChI is InChI=1S/C22H20N2O3S/c1-15(13-20-24-18-9-5-6-10-19(18)28-20)23-22(25)21-16(11-12-26-21)14-27-17-7-3-2-4-8-17/h2-12,15H,13-14H2,1H3,(H,23,25). The van der Waals surface area contributed by atoms with Crippen molar-refractivity contribution < 1.29 is 13.9 Å². The zero-order valence-electron chi connectivity index (χ0n) is 15.4. The molecule has 0 aliphatic rings. The summed E-state index contributed by atoms with van der Waals surface area (Å²) in [6.45, 7) is 2.24. The van der Waals surface area contributed by atoms with Gasteiger partial charge in [0.15, 0.2) is 5.76 Å². The maximum atomic E-state index is 12.6. The van der Waals surface area contributed by atoms with E-state index in [-0.39, 0.29) is 24.3 Å². The van der Waals surface area contributed by atoms with Gasteiger partial charge in [-0.25, -0.2) is 4.98 Å². The van der Waals surface area contributed by atoms with Gasteiger partial charge in [-0.1, -0.05) is 30.3 Å². The van der Waals surface area contributed by atoms with Gasteiger partial charge in [0.2, 0.25) is 0 Å². The molecule has 0 aliphatic heterocycles. The molecule has 0 radical (unpaired) electrons. The van der Waals surface area contributed by atoms with Crippen LogP contribution in [0.5, 0.6) is 5.75 Å². The molecule has 28 heavy (non-hydrogen) atoms.